The van der Waals surface area contributed by atoms with Gasteiger partial charge in [0.15, 0.2) is 11.6 Å². The van der Waals surface area contributed by atoms with Crippen molar-refractivity contribution in [2.45, 2.75) is 39.1 Å². The fourth-order valence-electron chi connectivity index (χ4n) is 2.99. The van der Waals surface area contributed by atoms with Crippen molar-refractivity contribution in [2.24, 2.45) is 0 Å². The summed E-state index contributed by atoms with van der Waals surface area (Å²) in [5.74, 6) is 2.02. The minimum Gasteiger partial charge on any atom is -0.377 e. The van der Waals surface area contributed by atoms with Crippen LogP contribution in [0.25, 0.3) is 11.5 Å². The quantitative estimate of drug-likeness (QED) is 0.713. The number of rotatable bonds is 6. The maximum Gasteiger partial charge on any atom is 0.228 e. The molecular formula is C16H21N7O2. The van der Waals surface area contributed by atoms with Crippen LogP contribution in [-0.4, -0.2) is 43.1 Å². The highest BCUT2D eigenvalue weighted by Gasteiger charge is 2.16. The Balaban J connectivity index is 1.48. The van der Waals surface area contributed by atoms with E-state index in [9.17, 15) is 0 Å². The number of fused-ring (bicyclic) bond motifs is 1. The number of ether oxygens (including phenoxy) is 1. The van der Waals surface area contributed by atoms with E-state index in [2.05, 4.69) is 35.8 Å². The molecule has 9 heteroatoms. The third-order valence-corrected chi connectivity index (χ3v) is 4.19. The van der Waals surface area contributed by atoms with E-state index in [-0.39, 0.29) is 0 Å². The molecule has 132 valence electrons. The predicted molar refractivity (Wildman–Crippen MR) is 88.5 cm³/mol. The van der Waals surface area contributed by atoms with Crippen molar-refractivity contribution in [3.63, 3.8) is 0 Å². The lowest BCUT2D eigenvalue weighted by molar-refractivity contribution is 0.174. The summed E-state index contributed by atoms with van der Waals surface area (Å²) in [6, 6.07) is 2.11. The van der Waals surface area contributed by atoms with E-state index in [0.717, 1.165) is 37.6 Å². The van der Waals surface area contributed by atoms with Gasteiger partial charge in [-0.15, -0.1) is 0 Å². The van der Waals surface area contributed by atoms with Crippen LogP contribution in [0.3, 0.4) is 0 Å². The van der Waals surface area contributed by atoms with Crippen LogP contribution in [0.1, 0.15) is 23.8 Å². The van der Waals surface area contributed by atoms with Crippen molar-refractivity contribution in [3.05, 3.63) is 35.9 Å². The van der Waals surface area contributed by atoms with E-state index >= 15 is 0 Å². The second-order valence-electron chi connectivity index (χ2n) is 6.01. The average molecular weight is 343 g/mol. The van der Waals surface area contributed by atoms with Gasteiger partial charge in [0.2, 0.25) is 5.89 Å². The van der Waals surface area contributed by atoms with Gasteiger partial charge in [0.05, 0.1) is 5.69 Å². The lowest BCUT2D eigenvalue weighted by atomic mass is 10.3. The van der Waals surface area contributed by atoms with Crippen molar-refractivity contribution in [3.8, 4) is 11.5 Å². The Morgan fingerprint density at radius 3 is 3.28 bits per heavy atom. The molecule has 0 atom stereocenters. The molecule has 0 aromatic carbocycles. The van der Waals surface area contributed by atoms with Gasteiger partial charge in [0.1, 0.15) is 12.3 Å². The first-order valence-electron chi connectivity index (χ1n) is 8.43. The van der Waals surface area contributed by atoms with E-state index < -0.39 is 0 Å². The highest BCUT2D eigenvalue weighted by atomic mass is 16.5. The van der Waals surface area contributed by atoms with Gasteiger partial charge in [0, 0.05) is 45.6 Å². The highest BCUT2D eigenvalue weighted by Crippen LogP contribution is 2.19. The molecule has 0 amide bonds. The standard InChI is InChI=1S/C16H21N7O2/c1-24-11-14-19-15(25-21-14)3-7-22-8-5-18-16(22)13-9-12-10-17-4-2-6-23(12)20-13/h5,8-9,17H,2-4,6-7,10-11H2,1H3. The number of methoxy groups -OCH3 is 1. The summed E-state index contributed by atoms with van der Waals surface area (Å²) in [7, 11) is 1.61. The number of imidazole rings is 1. The summed E-state index contributed by atoms with van der Waals surface area (Å²) < 4.78 is 14.4. The smallest absolute Gasteiger partial charge is 0.228 e. The summed E-state index contributed by atoms with van der Waals surface area (Å²) in [5, 5.41) is 12.0. The Morgan fingerprint density at radius 1 is 1.40 bits per heavy atom. The van der Waals surface area contributed by atoms with E-state index in [1.807, 2.05) is 6.20 Å². The number of hydrogen-bond donors (Lipinski definition) is 1. The second-order valence-corrected chi connectivity index (χ2v) is 6.01. The van der Waals surface area contributed by atoms with E-state index in [4.69, 9.17) is 14.4 Å². The zero-order valence-corrected chi connectivity index (χ0v) is 14.2. The van der Waals surface area contributed by atoms with Crippen LogP contribution in [0, 0.1) is 0 Å². The third-order valence-electron chi connectivity index (χ3n) is 4.19. The van der Waals surface area contributed by atoms with Crippen LogP contribution in [0.4, 0.5) is 0 Å². The molecule has 1 aliphatic rings. The third kappa shape index (κ3) is 3.47. The molecule has 25 heavy (non-hydrogen) atoms. The van der Waals surface area contributed by atoms with Crippen LogP contribution in [0.2, 0.25) is 0 Å². The van der Waals surface area contributed by atoms with Gasteiger partial charge >= 0.3 is 0 Å². The Hall–Kier alpha value is -2.52. The molecule has 4 heterocycles. The highest BCUT2D eigenvalue weighted by molar-refractivity contribution is 5.50. The fourth-order valence-corrected chi connectivity index (χ4v) is 2.99. The number of aromatic nitrogens is 6. The van der Waals surface area contributed by atoms with Gasteiger partial charge in [-0.3, -0.25) is 4.68 Å². The van der Waals surface area contributed by atoms with Gasteiger partial charge in [-0.25, -0.2) is 4.98 Å². The maximum atomic E-state index is 5.24. The van der Waals surface area contributed by atoms with Crippen molar-refractivity contribution in [1.29, 1.82) is 0 Å². The van der Waals surface area contributed by atoms with Gasteiger partial charge in [-0.2, -0.15) is 10.1 Å². The molecule has 0 fully saturated rings. The molecule has 4 rings (SSSR count). The molecule has 1 N–H and O–H groups in total. The van der Waals surface area contributed by atoms with Gasteiger partial charge in [-0.05, 0) is 19.0 Å². The molecule has 0 unspecified atom stereocenters. The van der Waals surface area contributed by atoms with Crippen LogP contribution in [-0.2, 0) is 37.4 Å². The number of nitrogens with zero attached hydrogens (tertiary/aromatic N) is 6. The summed E-state index contributed by atoms with van der Waals surface area (Å²) in [5.41, 5.74) is 2.09. The Labute approximate surface area is 145 Å². The Bertz CT molecular complexity index is 812. The molecule has 0 saturated heterocycles. The van der Waals surface area contributed by atoms with Crippen LogP contribution in [0.15, 0.2) is 23.0 Å². The molecule has 3 aromatic heterocycles. The monoisotopic (exact) mass is 343 g/mol. The number of hydrogen-bond acceptors (Lipinski definition) is 7. The zero-order valence-electron chi connectivity index (χ0n) is 14.2. The lowest BCUT2D eigenvalue weighted by Crippen LogP contribution is -2.11. The van der Waals surface area contributed by atoms with Crippen molar-refractivity contribution in [1.82, 2.24) is 34.8 Å². The topological polar surface area (TPSA) is 95.8 Å². The van der Waals surface area contributed by atoms with Crippen molar-refractivity contribution < 1.29 is 9.26 Å². The largest absolute Gasteiger partial charge is 0.377 e. The molecule has 0 spiro atoms. The summed E-state index contributed by atoms with van der Waals surface area (Å²) in [6.07, 6.45) is 5.46. The minimum atomic E-state index is 0.355. The predicted octanol–water partition coefficient (Wildman–Crippen LogP) is 1.01. The van der Waals surface area contributed by atoms with Crippen molar-refractivity contribution in [2.75, 3.05) is 13.7 Å². The van der Waals surface area contributed by atoms with Gasteiger partial charge in [-0.1, -0.05) is 5.16 Å². The van der Waals surface area contributed by atoms with Crippen LogP contribution >= 0.6 is 0 Å². The Kier molecular flexibility index (Phi) is 4.57. The first kappa shape index (κ1) is 16.0. The lowest BCUT2D eigenvalue weighted by Gasteiger charge is -2.04. The van der Waals surface area contributed by atoms with E-state index in [0.29, 0.717) is 31.3 Å². The normalized spacial score (nSPS) is 14.4. The molecule has 1 aliphatic heterocycles. The van der Waals surface area contributed by atoms with E-state index in [1.54, 1.807) is 13.3 Å². The molecule has 0 radical (unpaired) electrons. The Morgan fingerprint density at radius 2 is 2.36 bits per heavy atom. The number of nitrogens with one attached hydrogen (secondary N) is 1. The summed E-state index contributed by atoms with van der Waals surface area (Å²) >= 11 is 0. The SMILES string of the molecule is COCc1noc(CCn2ccnc2-c2cc3n(n2)CCCNC3)n1. The first-order valence-corrected chi connectivity index (χ1v) is 8.43. The average Bonchev–Trinajstić information content (AvgIpc) is 3.31. The number of aryl methyl sites for hydroxylation is 3. The summed E-state index contributed by atoms with van der Waals surface area (Å²) in [4.78, 5) is 8.78. The molecule has 9 nitrogen and oxygen atoms in total. The van der Waals surface area contributed by atoms with Crippen LogP contribution < -0.4 is 5.32 Å². The van der Waals surface area contributed by atoms with Crippen molar-refractivity contribution >= 4 is 0 Å². The zero-order chi connectivity index (χ0) is 17.1. The molecule has 0 aliphatic carbocycles. The maximum absolute atomic E-state index is 5.24. The molecule has 3 aromatic rings. The fraction of sp³-hybridized carbons (Fsp3) is 0.500. The van der Waals surface area contributed by atoms with Gasteiger partial charge < -0.3 is 19.1 Å². The van der Waals surface area contributed by atoms with Crippen LogP contribution in [0.5, 0.6) is 0 Å². The summed E-state index contributed by atoms with van der Waals surface area (Å²) in [6.45, 7) is 3.87. The molecule has 0 bridgehead atoms. The first-order chi connectivity index (χ1) is 12.3. The molecule has 0 saturated carbocycles. The van der Waals surface area contributed by atoms with E-state index in [1.165, 1.54) is 5.69 Å². The molecular weight excluding hydrogens is 322 g/mol. The van der Waals surface area contributed by atoms with Gasteiger partial charge in [0.25, 0.3) is 0 Å². The minimum absolute atomic E-state index is 0.355. The second kappa shape index (κ2) is 7.16.